The largest absolute Gasteiger partial charge is 0.247 e. The van der Waals surface area contributed by atoms with Gasteiger partial charge in [0.25, 0.3) is 0 Å². The first-order valence-corrected chi connectivity index (χ1v) is 7.60. The second-order valence-electron chi connectivity index (χ2n) is 7.16. The van der Waals surface area contributed by atoms with Gasteiger partial charge in [0.1, 0.15) is 0 Å². The molecular weight excluding hydrogens is 254 g/mol. The summed E-state index contributed by atoms with van der Waals surface area (Å²) in [5.74, 6) is 0. The summed E-state index contributed by atoms with van der Waals surface area (Å²) in [6, 6.07) is 11.0. The molecule has 0 aliphatic rings. The molecule has 1 heterocycles. The van der Waals surface area contributed by atoms with Crippen molar-refractivity contribution in [2.75, 3.05) is 0 Å². The lowest BCUT2D eigenvalue weighted by molar-refractivity contribution is 0.601. The van der Waals surface area contributed by atoms with Gasteiger partial charge in [0.05, 0.1) is 11.0 Å². The molecule has 3 aromatic rings. The molecule has 21 heavy (non-hydrogen) atoms. The minimum Gasteiger partial charge on any atom is -0.247 e. The van der Waals surface area contributed by atoms with Crippen LogP contribution in [-0.4, -0.2) is 4.98 Å². The Morgan fingerprint density at radius 3 is 2.24 bits per heavy atom. The molecule has 1 nitrogen and oxygen atoms in total. The summed E-state index contributed by atoms with van der Waals surface area (Å²) in [7, 11) is 0. The van der Waals surface area contributed by atoms with Crippen LogP contribution in [0.1, 0.15) is 43.0 Å². The van der Waals surface area contributed by atoms with Crippen LogP contribution in [0.2, 0.25) is 0 Å². The number of pyridine rings is 1. The number of aryl methyl sites for hydroxylation is 3. The molecular formula is C20H23N. The van der Waals surface area contributed by atoms with Crippen molar-refractivity contribution in [3.63, 3.8) is 0 Å². The van der Waals surface area contributed by atoms with Gasteiger partial charge < -0.3 is 0 Å². The number of hydrogen-bond acceptors (Lipinski definition) is 1. The molecule has 0 spiro atoms. The van der Waals surface area contributed by atoms with Gasteiger partial charge in [0.2, 0.25) is 0 Å². The third-order valence-corrected chi connectivity index (χ3v) is 4.37. The van der Waals surface area contributed by atoms with Crippen LogP contribution in [0.5, 0.6) is 0 Å². The zero-order valence-electron chi connectivity index (χ0n) is 13.8. The summed E-state index contributed by atoms with van der Waals surface area (Å²) in [6.45, 7) is 13.4. The van der Waals surface area contributed by atoms with Crippen molar-refractivity contribution < 1.29 is 0 Å². The van der Waals surface area contributed by atoms with E-state index in [9.17, 15) is 0 Å². The van der Waals surface area contributed by atoms with Gasteiger partial charge in [-0.25, -0.2) is 4.98 Å². The predicted molar refractivity (Wildman–Crippen MR) is 92.2 cm³/mol. The first-order chi connectivity index (χ1) is 9.79. The van der Waals surface area contributed by atoms with Gasteiger partial charge in [-0.15, -0.1) is 0 Å². The van der Waals surface area contributed by atoms with E-state index in [0.717, 1.165) is 11.0 Å². The van der Waals surface area contributed by atoms with E-state index in [0.29, 0.717) is 0 Å². The molecule has 0 N–H and O–H groups in total. The Hall–Kier alpha value is -1.89. The molecule has 0 saturated carbocycles. The van der Waals surface area contributed by atoms with Gasteiger partial charge >= 0.3 is 0 Å². The molecule has 1 heteroatoms. The second-order valence-corrected chi connectivity index (χ2v) is 7.16. The van der Waals surface area contributed by atoms with Crippen molar-refractivity contribution in [3.8, 4) is 0 Å². The summed E-state index contributed by atoms with van der Waals surface area (Å²) in [5.41, 5.74) is 7.65. The van der Waals surface area contributed by atoms with E-state index in [1.165, 1.54) is 33.0 Å². The number of hydrogen-bond donors (Lipinski definition) is 0. The maximum Gasteiger partial charge on any atom is 0.0744 e. The number of rotatable bonds is 0. The number of nitrogens with zero attached hydrogens (tertiary/aromatic N) is 1. The molecule has 0 fully saturated rings. The van der Waals surface area contributed by atoms with Crippen LogP contribution < -0.4 is 0 Å². The predicted octanol–water partition coefficient (Wildman–Crippen LogP) is 5.61. The maximum absolute atomic E-state index is 4.95. The molecule has 0 aliphatic heterocycles. The average molecular weight is 277 g/mol. The second kappa shape index (κ2) is 4.56. The van der Waals surface area contributed by atoms with Gasteiger partial charge in [-0.3, -0.25) is 0 Å². The van der Waals surface area contributed by atoms with Crippen LogP contribution in [-0.2, 0) is 5.41 Å². The monoisotopic (exact) mass is 277 g/mol. The van der Waals surface area contributed by atoms with E-state index < -0.39 is 0 Å². The van der Waals surface area contributed by atoms with Crippen molar-refractivity contribution in [3.05, 3.63) is 52.6 Å². The zero-order valence-corrected chi connectivity index (χ0v) is 13.8. The Kier molecular flexibility index (Phi) is 3.05. The molecule has 0 atom stereocenters. The van der Waals surface area contributed by atoms with Crippen molar-refractivity contribution in [2.45, 2.75) is 47.0 Å². The van der Waals surface area contributed by atoms with Crippen molar-refractivity contribution in [2.24, 2.45) is 0 Å². The summed E-state index contributed by atoms with van der Waals surface area (Å²) in [6.07, 6.45) is 0. The van der Waals surface area contributed by atoms with Gasteiger partial charge in [-0.05, 0) is 55.0 Å². The van der Waals surface area contributed by atoms with E-state index in [1.54, 1.807) is 0 Å². The highest BCUT2D eigenvalue weighted by Crippen LogP contribution is 2.37. The maximum atomic E-state index is 4.95. The van der Waals surface area contributed by atoms with Gasteiger partial charge in [-0.1, -0.05) is 44.5 Å². The molecule has 3 rings (SSSR count). The molecule has 0 bridgehead atoms. The molecule has 0 aliphatic carbocycles. The molecule has 2 aromatic carbocycles. The van der Waals surface area contributed by atoms with Crippen molar-refractivity contribution in [1.82, 2.24) is 4.98 Å². The summed E-state index contributed by atoms with van der Waals surface area (Å²) < 4.78 is 0. The number of benzene rings is 2. The fraction of sp³-hybridized carbons (Fsp3) is 0.350. The van der Waals surface area contributed by atoms with E-state index in [2.05, 4.69) is 71.9 Å². The van der Waals surface area contributed by atoms with E-state index in [4.69, 9.17) is 4.98 Å². The molecule has 1 aromatic heterocycles. The molecule has 0 saturated heterocycles. The highest BCUT2D eigenvalue weighted by atomic mass is 14.7. The van der Waals surface area contributed by atoms with Gasteiger partial charge in [-0.2, -0.15) is 0 Å². The minimum atomic E-state index is 0.0922. The highest BCUT2D eigenvalue weighted by Gasteiger charge is 2.22. The molecule has 0 unspecified atom stereocenters. The Morgan fingerprint density at radius 2 is 1.57 bits per heavy atom. The van der Waals surface area contributed by atoms with E-state index >= 15 is 0 Å². The van der Waals surface area contributed by atoms with Crippen LogP contribution in [0.3, 0.4) is 0 Å². The topological polar surface area (TPSA) is 12.9 Å². The lowest BCUT2D eigenvalue weighted by atomic mass is 9.81. The Labute approximate surface area is 127 Å². The van der Waals surface area contributed by atoms with Crippen LogP contribution in [0.25, 0.3) is 21.8 Å². The Bertz CT molecular complexity index is 851. The summed E-state index contributed by atoms with van der Waals surface area (Å²) in [4.78, 5) is 4.95. The van der Waals surface area contributed by atoms with E-state index in [1.807, 2.05) is 0 Å². The molecule has 108 valence electrons. The fourth-order valence-electron chi connectivity index (χ4n) is 3.17. The smallest absolute Gasteiger partial charge is 0.0744 e. The summed E-state index contributed by atoms with van der Waals surface area (Å²) in [5, 5.41) is 2.59. The third-order valence-electron chi connectivity index (χ3n) is 4.37. The zero-order chi connectivity index (χ0) is 15.4. The van der Waals surface area contributed by atoms with Crippen LogP contribution >= 0.6 is 0 Å². The summed E-state index contributed by atoms with van der Waals surface area (Å²) >= 11 is 0. The Balaban J connectivity index is 2.61. The standard InChI is InChI=1S/C20H23N/c1-12-7-10-17-16(11-12)18(20(4,5)6)15-9-8-13(2)14(3)19(15)21-17/h7-11H,1-6H3. The number of fused-ring (bicyclic) bond motifs is 2. The highest BCUT2D eigenvalue weighted by molar-refractivity contribution is 6.00. The lowest BCUT2D eigenvalue weighted by Gasteiger charge is -2.24. The van der Waals surface area contributed by atoms with Crippen LogP contribution in [0.4, 0.5) is 0 Å². The van der Waals surface area contributed by atoms with Gasteiger partial charge in [0.15, 0.2) is 0 Å². The first-order valence-electron chi connectivity index (χ1n) is 7.60. The van der Waals surface area contributed by atoms with E-state index in [-0.39, 0.29) is 5.41 Å². The SMILES string of the molecule is Cc1ccc2nc3c(C)c(C)ccc3c(C(C)(C)C)c2c1. The minimum absolute atomic E-state index is 0.0922. The van der Waals surface area contributed by atoms with Crippen molar-refractivity contribution >= 4 is 21.8 Å². The third kappa shape index (κ3) is 2.21. The molecule has 0 amide bonds. The average Bonchev–Trinajstić information content (AvgIpc) is 2.39. The number of aromatic nitrogens is 1. The van der Waals surface area contributed by atoms with Crippen LogP contribution in [0, 0.1) is 20.8 Å². The van der Waals surface area contributed by atoms with Crippen molar-refractivity contribution in [1.29, 1.82) is 0 Å². The molecule has 0 radical (unpaired) electrons. The normalized spacial score (nSPS) is 12.3. The Morgan fingerprint density at radius 1 is 0.857 bits per heavy atom. The van der Waals surface area contributed by atoms with Crippen LogP contribution in [0.15, 0.2) is 30.3 Å². The fourth-order valence-corrected chi connectivity index (χ4v) is 3.17. The lowest BCUT2D eigenvalue weighted by Crippen LogP contribution is -2.13. The van der Waals surface area contributed by atoms with Gasteiger partial charge in [0, 0.05) is 10.8 Å². The quantitative estimate of drug-likeness (QED) is 0.487. The first kappa shape index (κ1) is 14.1.